The molecule has 2 aromatic rings. The number of benzene rings is 1. The number of anilines is 3. The maximum atomic E-state index is 12.6. The number of nitrogens with two attached hydrogens (primary N) is 1. The van der Waals surface area contributed by atoms with E-state index in [-0.39, 0.29) is 5.82 Å². The maximum absolute atomic E-state index is 12.6. The van der Waals surface area contributed by atoms with E-state index in [0.717, 1.165) is 6.07 Å². The molecule has 0 spiro atoms. The summed E-state index contributed by atoms with van der Waals surface area (Å²) in [7, 11) is 0. The van der Waals surface area contributed by atoms with E-state index in [2.05, 4.69) is 31.2 Å². The Balaban J connectivity index is 2.36. The zero-order chi connectivity index (χ0) is 14.9. The van der Waals surface area contributed by atoms with Crippen LogP contribution in [0.25, 0.3) is 0 Å². The van der Waals surface area contributed by atoms with E-state index < -0.39 is 17.8 Å². The van der Waals surface area contributed by atoms with Crippen LogP contribution in [0.5, 0.6) is 0 Å². The van der Waals surface area contributed by atoms with Crippen molar-refractivity contribution in [3.05, 3.63) is 39.5 Å². The predicted octanol–water partition coefficient (Wildman–Crippen LogP) is 4.24. The van der Waals surface area contributed by atoms with Gasteiger partial charge in [0.15, 0.2) is 5.69 Å². The van der Waals surface area contributed by atoms with Gasteiger partial charge in [-0.15, -0.1) is 0 Å². The second-order valence-corrected chi connectivity index (χ2v) is 5.03. The van der Waals surface area contributed by atoms with Gasteiger partial charge in [-0.05, 0) is 34.1 Å². The topological polar surface area (TPSA) is 63.8 Å². The third kappa shape index (κ3) is 3.51. The van der Waals surface area contributed by atoms with Crippen molar-refractivity contribution >= 4 is 45.0 Å². The van der Waals surface area contributed by atoms with Crippen molar-refractivity contribution in [2.75, 3.05) is 11.1 Å². The molecule has 2 rings (SSSR count). The molecule has 0 bridgehead atoms. The first-order chi connectivity index (χ1) is 9.25. The summed E-state index contributed by atoms with van der Waals surface area (Å²) in [4.78, 5) is 6.86. The molecule has 0 unspecified atom stereocenters. The molecule has 0 amide bonds. The smallest absolute Gasteiger partial charge is 0.368 e. The van der Waals surface area contributed by atoms with Crippen LogP contribution in [0, 0.1) is 0 Å². The van der Waals surface area contributed by atoms with Crippen LogP contribution in [0.15, 0.2) is 28.7 Å². The summed E-state index contributed by atoms with van der Waals surface area (Å²) >= 11 is 9.02. The number of rotatable bonds is 2. The first-order valence-corrected chi connectivity index (χ1v) is 6.36. The van der Waals surface area contributed by atoms with Gasteiger partial charge in [0.1, 0.15) is 5.82 Å². The summed E-state index contributed by atoms with van der Waals surface area (Å²) in [6, 6.07) is 5.55. The molecule has 0 saturated heterocycles. The molecule has 0 atom stereocenters. The highest BCUT2D eigenvalue weighted by Gasteiger charge is 2.33. The van der Waals surface area contributed by atoms with Gasteiger partial charge >= 0.3 is 6.18 Å². The van der Waals surface area contributed by atoms with Crippen molar-refractivity contribution in [3.63, 3.8) is 0 Å². The summed E-state index contributed by atoms with van der Waals surface area (Å²) in [6.07, 6.45) is -4.59. The molecule has 1 aromatic heterocycles. The lowest BCUT2D eigenvalue weighted by Gasteiger charge is -2.11. The van der Waals surface area contributed by atoms with E-state index in [4.69, 9.17) is 17.3 Å². The second-order valence-electron chi connectivity index (χ2n) is 3.74. The van der Waals surface area contributed by atoms with Crippen molar-refractivity contribution in [1.82, 2.24) is 9.97 Å². The monoisotopic (exact) mass is 366 g/mol. The minimum atomic E-state index is -4.59. The number of nitrogens with one attached hydrogen (secondary N) is 1. The van der Waals surface area contributed by atoms with Gasteiger partial charge in [0.2, 0.25) is 5.95 Å². The van der Waals surface area contributed by atoms with Crippen molar-refractivity contribution < 1.29 is 13.2 Å². The molecule has 4 nitrogen and oxygen atoms in total. The fraction of sp³-hybridized carbons (Fsp3) is 0.0909. The highest BCUT2D eigenvalue weighted by atomic mass is 79.9. The van der Waals surface area contributed by atoms with E-state index in [0.29, 0.717) is 15.2 Å². The first kappa shape index (κ1) is 14.9. The Labute approximate surface area is 125 Å². The average Bonchev–Trinajstić information content (AvgIpc) is 2.31. The maximum Gasteiger partial charge on any atom is 0.433 e. The van der Waals surface area contributed by atoms with Crippen molar-refractivity contribution in [3.8, 4) is 0 Å². The number of halogens is 5. The van der Waals surface area contributed by atoms with Crippen LogP contribution in [0.2, 0.25) is 5.02 Å². The summed E-state index contributed by atoms with van der Waals surface area (Å²) in [5.41, 5.74) is 4.66. The number of alkyl halides is 3. The molecule has 0 fully saturated rings. The van der Waals surface area contributed by atoms with Crippen molar-refractivity contribution in [2.45, 2.75) is 6.18 Å². The summed E-state index contributed by atoms with van der Waals surface area (Å²) < 4.78 is 38.4. The Bertz CT molecular complexity index is 648. The Morgan fingerprint density at radius 2 is 1.90 bits per heavy atom. The van der Waals surface area contributed by atoms with Gasteiger partial charge in [-0.1, -0.05) is 11.6 Å². The van der Waals surface area contributed by atoms with E-state index in [9.17, 15) is 13.2 Å². The lowest BCUT2D eigenvalue weighted by Crippen LogP contribution is -2.12. The SMILES string of the molecule is Nc1nc(Nc2ccc(Cl)cc2Br)cc(C(F)(F)F)n1. The lowest BCUT2D eigenvalue weighted by molar-refractivity contribution is -0.141. The zero-order valence-electron chi connectivity index (χ0n) is 9.67. The molecule has 1 aromatic carbocycles. The Hall–Kier alpha value is -1.54. The van der Waals surface area contributed by atoms with Crippen LogP contribution in [0.1, 0.15) is 5.69 Å². The van der Waals surface area contributed by atoms with Crippen LogP contribution >= 0.6 is 27.5 Å². The quantitative estimate of drug-likeness (QED) is 0.833. The minimum Gasteiger partial charge on any atom is -0.368 e. The third-order valence-corrected chi connectivity index (χ3v) is 3.12. The average molecular weight is 368 g/mol. The van der Waals surface area contributed by atoms with Crippen LogP contribution in [-0.2, 0) is 6.18 Å². The predicted molar refractivity (Wildman–Crippen MR) is 73.9 cm³/mol. The largest absolute Gasteiger partial charge is 0.433 e. The van der Waals surface area contributed by atoms with Gasteiger partial charge in [-0.25, -0.2) is 4.98 Å². The standard InChI is InChI=1S/C11H7BrClF3N4/c12-6-3-5(13)1-2-7(6)18-9-4-8(11(14,15)16)19-10(17)20-9/h1-4H,(H3,17,18,19,20). The summed E-state index contributed by atoms with van der Waals surface area (Å²) in [6.45, 7) is 0. The number of nitrogen functional groups attached to an aromatic ring is 1. The molecular weight excluding hydrogens is 360 g/mol. The van der Waals surface area contributed by atoms with Crippen LogP contribution in [-0.4, -0.2) is 9.97 Å². The van der Waals surface area contributed by atoms with E-state index in [1.165, 1.54) is 0 Å². The zero-order valence-corrected chi connectivity index (χ0v) is 12.0. The van der Waals surface area contributed by atoms with Crippen LogP contribution < -0.4 is 11.1 Å². The van der Waals surface area contributed by atoms with E-state index >= 15 is 0 Å². The van der Waals surface area contributed by atoms with E-state index in [1.807, 2.05) is 0 Å². The van der Waals surface area contributed by atoms with Crippen LogP contribution in [0.3, 0.4) is 0 Å². The molecule has 3 N–H and O–H groups in total. The first-order valence-electron chi connectivity index (χ1n) is 5.19. The molecule has 0 saturated carbocycles. The Kier molecular flexibility index (Phi) is 4.05. The molecule has 0 radical (unpaired) electrons. The van der Waals surface area contributed by atoms with Gasteiger partial charge in [-0.2, -0.15) is 18.2 Å². The van der Waals surface area contributed by atoms with Gasteiger partial charge in [0.25, 0.3) is 0 Å². The minimum absolute atomic E-state index is 0.0622. The summed E-state index contributed by atoms with van der Waals surface area (Å²) in [5, 5.41) is 3.20. The molecule has 0 aliphatic rings. The van der Waals surface area contributed by atoms with Gasteiger partial charge < -0.3 is 11.1 Å². The van der Waals surface area contributed by atoms with Crippen LogP contribution in [0.4, 0.5) is 30.6 Å². The molecule has 9 heteroatoms. The molecule has 0 aliphatic heterocycles. The molecular formula is C11H7BrClF3N4. The van der Waals surface area contributed by atoms with Gasteiger partial charge in [-0.3, -0.25) is 0 Å². The Morgan fingerprint density at radius 3 is 2.50 bits per heavy atom. The molecule has 0 aliphatic carbocycles. The molecule has 1 heterocycles. The van der Waals surface area contributed by atoms with Crippen molar-refractivity contribution in [2.24, 2.45) is 0 Å². The fourth-order valence-electron chi connectivity index (χ4n) is 1.40. The van der Waals surface area contributed by atoms with Crippen molar-refractivity contribution in [1.29, 1.82) is 0 Å². The second kappa shape index (κ2) is 5.45. The van der Waals surface area contributed by atoms with Gasteiger partial charge in [0, 0.05) is 15.6 Å². The molecule has 20 heavy (non-hydrogen) atoms. The third-order valence-electron chi connectivity index (χ3n) is 2.23. The number of hydrogen-bond donors (Lipinski definition) is 2. The van der Waals surface area contributed by atoms with E-state index in [1.54, 1.807) is 18.2 Å². The fourth-order valence-corrected chi connectivity index (χ4v) is 2.19. The highest BCUT2D eigenvalue weighted by Crippen LogP contribution is 2.32. The Morgan fingerprint density at radius 1 is 1.20 bits per heavy atom. The van der Waals surface area contributed by atoms with Gasteiger partial charge in [0.05, 0.1) is 5.69 Å². The number of nitrogens with zero attached hydrogens (tertiary/aromatic N) is 2. The number of hydrogen-bond acceptors (Lipinski definition) is 4. The normalized spacial score (nSPS) is 11.4. The highest BCUT2D eigenvalue weighted by molar-refractivity contribution is 9.10. The number of aromatic nitrogens is 2. The lowest BCUT2D eigenvalue weighted by atomic mass is 10.3. The molecule has 106 valence electrons. The summed E-state index contributed by atoms with van der Waals surface area (Å²) in [5.74, 6) is -0.528.